The van der Waals surface area contributed by atoms with Gasteiger partial charge in [-0.2, -0.15) is 0 Å². The van der Waals surface area contributed by atoms with Gasteiger partial charge in [0, 0.05) is 24.4 Å². The molecule has 0 saturated carbocycles. The summed E-state index contributed by atoms with van der Waals surface area (Å²) in [6, 6.07) is 17.1. The average molecular weight is 475 g/mol. The number of hydrogen-bond donors (Lipinski definition) is 1. The summed E-state index contributed by atoms with van der Waals surface area (Å²) in [5.74, 6) is -0.229. The zero-order valence-corrected chi connectivity index (χ0v) is 22.4. The van der Waals surface area contributed by atoms with Crippen molar-refractivity contribution in [2.45, 2.75) is 76.1 Å². The van der Waals surface area contributed by atoms with E-state index in [0.717, 1.165) is 6.42 Å². The normalized spacial score (nSPS) is 31.7. The number of allylic oxidation sites excluding steroid dienone is 1. The Balaban J connectivity index is 1.76. The Kier molecular flexibility index (Phi) is 5.40. The van der Waals surface area contributed by atoms with Gasteiger partial charge >= 0.3 is 0 Å². The van der Waals surface area contributed by atoms with Gasteiger partial charge in [0.15, 0.2) is 14.1 Å². The molecule has 0 fully saturated rings. The maximum absolute atomic E-state index is 14.1. The number of rotatable bonds is 5. The molecule has 1 N–H and O–H groups in total. The van der Waals surface area contributed by atoms with E-state index in [1.54, 1.807) is 6.08 Å². The maximum atomic E-state index is 14.1. The predicted octanol–water partition coefficient (Wildman–Crippen LogP) is 6.57. The third kappa shape index (κ3) is 2.98. The first-order valence-corrected chi connectivity index (χ1v) is 15.7. The Morgan fingerprint density at radius 1 is 0.971 bits per heavy atom. The lowest BCUT2D eigenvalue weighted by molar-refractivity contribution is -0.153. The van der Waals surface area contributed by atoms with Crippen LogP contribution in [0.15, 0.2) is 60.7 Å². The summed E-state index contributed by atoms with van der Waals surface area (Å²) in [4.78, 5) is 14.1. The van der Waals surface area contributed by atoms with Crippen LogP contribution in [-0.2, 0) is 9.22 Å². The number of ketones is 1. The third-order valence-electron chi connectivity index (χ3n) is 9.42. The molecule has 0 aliphatic heterocycles. The molecule has 4 aliphatic carbocycles. The highest BCUT2D eigenvalue weighted by molar-refractivity contribution is 6.74. The first kappa shape index (κ1) is 23.7. The lowest BCUT2D eigenvalue weighted by Gasteiger charge is -2.61. The number of hydrogen-bond acceptors (Lipinski definition) is 3. The van der Waals surface area contributed by atoms with Crippen molar-refractivity contribution in [1.82, 2.24) is 0 Å². The summed E-state index contributed by atoms with van der Waals surface area (Å²) in [6.07, 6.45) is 4.86. The van der Waals surface area contributed by atoms with Crippen molar-refractivity contribution in [3.63, 3.8) is 0 Å². The van der Waals surface area contributed by atoms with Crippen LogP contribution in [0.2, 0.25) is 18.1 Å². The van der Waals surface area contributed by atoms with Crippen LogP contribution >= 0.6 is 0 Å². The van der Waals surface area contributed by atoms with Crippen LogP contribution in [0.4, 0.5) is 0 Å². The van der Waals surface area contributed by atoms with Gasteiger partial charge in [-0.05, 0) is 59.0 Å². The summed E-state index contributed by atoms with van der Waals surface area (Å²) in [7, 11) is -2.07. The molecule has 180 valence electrons. The molecule has 0 radical (unpaired) electrons. The molecule has 6 rings (SSSR count). The van der Waals surface area contributed by atoms with Gasteiger partial charge in [-0.1, -0.05) is 82.6 Å². The first-order valence-electron chi connectivity index (χ1n) is 12.8. The molecule has 2 bridgehead atoms. The Bertz CT molecular complexity index is 1110. The van der Waals surface area contributed by atoms with E-state index < -0.39 is 19.3 Å². The van der Waals surface area contributed by atoms with Crippen LogP contribution < -0.4 is 0 Å². The summed E-state index contributed by atoms with van der Waals surface area (Å²) in [5, 5.41) is 12.4. The van der Waals surface area contributed by atoms with Crippen molar-refractivity contribution < 1.29 is 14.3 Å². The lowest BCUT2D eigenvalue weighted by Crippen LogP contribution is -2.63. The second kappa shape index (κ2) is 7.74. The van der Waals surface area contributed by atoms with E-state index in [-0.39, 0.29) is 28.6 Å². The fourth-order valence-corrected chi connectivity index (χ4v) is 7.89. The Labute approximate surface area is 205 Å². The molecule has 3 nitrogen and oxygen atoms in total. The smallest absolute Gasteiger partial charge is 0.191 e. The minimum absolute atomic E-state index is 0.0226. The van der Waals surface area contributed by atoms with Gasteiger partial charge in [0.2, 0.25) is 0 Å². The van der Waals surface area contributed by atoms with E-state index in [4.69, 9.17) is 4.43 Å². The van der Waals surface area contributed by atoms with E-state index in [2.05, 4.69) is 89.3 Å². The molecule has 0 heterocycles. The molecule has 2 aromatic carbocycles. The van der Waals surface area contributed by atoms with E-state index in [1.807, 2.05) is 6.08 Å². The fraction of sp³-hybridized carbons (Fsp3) is 0.500. The molecule has 0 amide bonds. The van der Waals surface area contributed by atoms with Crippen LogP contribution in [0.5, 0.6) is 0 Å². The molecular formula is C30H38O3Si. The summed E-state index contributed by atoms with van der Waals surface area (Å²) < 4.78 is 6.87. The van der Waals surface area contributed by atoms with E-state index in [9.17, 15) is 9.90 Å². The van der Waals surface area contributed by atoms with Crippen molar-refractivity contribution in [2.75, 3.05) is 6.61 Å². The molecule has 4 aliphatic rings. The van der Waals surface area contributed by atoms with Crippen molar-refractivity contribution in [3.05, 3.63) is 82.9 Å². The van der Waals surface area contributed by atoms with Crippen molar-refractivity contribution in [3.8, 4) is 0 Å². The largest absolute Gasteiger partial charge is 0.416 e. The Hall–Kier alpha value is -2.01. The van der Waals surface area contributed by atoms with E-state index in [1.165, 1.54) is 22.3 Å². The molecule has 1 spiro atoms. The standard InChI is InChI=1S/C30H38O3Si/c1-7-17-29(32)18-16-25(31)30(29)24(19-33-34(5,6)28(2,3)4)26-20-12-8-10-14-22(20)27(30)23-15-11-9-13-21(23)26/h8-16,18,24,26-27,32H,7,17,19H2,1-6H3/t24-,26?,27?,29-,30-/m1/s1. The van der Waals surface area contributed by atoms with Crippen LogP contribution in [-0.4, -0.2) is 31.4 Å². The molecule has 0 unspecified atom stereocenters. The van der Waals surface area contributed by atoms with Crippen LogP contribution in [0, 0.1) is 11.3 Å². The minimum Gasteiger partial charge on any atom is -0.416 e. The minimum atomic E-state index is -2.07. The molecule has 0 saturated heterocycles. The summed E-state index contributed by atoms with van der Waals surface area (Å²) >= 11 is 0. The van der Waals surface area contributed by atoms with E-state index in [0.29, 0.717) is 13.0 Å². The number of benzene rings is 2. The Morgan fingerprint density at radius 3 is 2.00 bits per heavy atom. The maximum Gasteiger partial charge on any atom is 0.191 e. The van der Waals surface area contributed by atoms with E-state index >= 15 is 0 Å². The van der Waals surface area contributed by atoms with Crippen LogP contribution in [0.25, 0.3) is 0 Å². The Morgan fingerprint density at radius 2 is 1.50 bits per heavy atom. The van der Waals surface area contributed by atoms with Crippen molar-refractivity contribution in [1.29, 1.82) is 0 Å². The van der Waals surface area contributed by atoms with Crippen LogP contribution in [0.3, 0.4) is 0 Å². The quantitative estimate of drug-likeness (QED) is 0.498. The van der Waals surface area contributed by atoms with Gasteiger partial charge in [-0.15, -0.1) is 0 Å². The first-order chi connectivity index (χ1) is 16.0. The zero-order valence-electron chi connectivity index (χ0n) is 21.4. The summed E-state index contributed by atoms with van der Waals surface area (Å²) in [5.41, 5.74) is 2.84. The molecule has 3 atom stereocenters. The third-order valence-corrected chi connectivity index (χ3v) is 13.9. The van der Waals surface area contributed by atoms with Gasteiger partial charge in [0.05, 0.1) is 11.0 Å². The number of carbonyl (C=O) groups is 1. The molecule has 2 aromatic rings. The SMILES string of the molecule is CCC[C@@]1(O)C=CC(=O)[C@]12C1c3ccccc3C(c3ccccc31)[C@H]2CO[Si](C)(C)C(C)(C)C. The molecular weight excluding hydrogens is 436 g/mol. The average Bonchev–Trinajstić information content (AvgIpc) is 3.03. The highest BCUT2D eigenvalue weighted by Gasteiger charge is 2.71. The monoisotopic (exact) mass is 474 g/mol. The van der Waals surface area contributed by atoms with Gasteiger partial charge in [0.25, 0.3) is 0 Å². The molecule has 34 heavy (non-hydrogen) atoms. The van der Waals surface area contributed by atoms with Crippen LogP contribution in [0.1, 0.15) is 74.6 Å². The number of aliphatic hydroxyl groups is 1. The van der Waals surface area contributed by atoms with Gasteiger partial charge in [0.1, 0.15) is 0 Å². The molecule has 4 heteroatoms. The summed E-state index contributed by atoms with van der Waals surface area (Å²) in [6.45, 7) is 13.9. The van der Waals surface area contributed by atoms with Gasteiger partial charge in [-0.25, -0.2) is 0 Å². The van der Waals surface area contributed by atoms with Crippen molar-refractivity contribution in [2.24, 2.45) is 11.3 Å². The fourth-order valence-electron chi connectivity index (χ4n) is 6.86. The second-order valence-corrected chi connectivity index (χ2v) is 16.9. The zero-order chi connectivity index (χ0) is 24.5. The number of carbonyl (C=O) groups excluding carboxylic acids is 1. The topological polar surface area (TPSA) is 46.5 Å². The predicted molar refractivity (Wildman–Crippen MR) is 140 cm³/mol. The lowest BCUT2D eigenvalue weighted by atomic mass is 9.42. The second-order valence-electron chi connectivity index (χ2n) is 12.1. The van der Waals surface area contributed by atoms with Crippen molar-refractivity contribution >= 4 is 14.1 Å². The molecule has 0 aromatic heterocycles. The highest BCUT2D eigenvalue weighted by atomic mass is 28.4. The van der Waals surface area contributed by atoms with Gasteiger partial charge in [-0.3, -0.25) is 4.79 Å². The highest BCUT2D eigenvalue weighted by Crippen LogP contribution is 2.70. The van der Waals surface area contributed by atoms with Gasteiger partial charge < -0.3 is 9.53 Å².